The number of methoxy groups -OCH3 is 4. The molecule has 8 aliphatic heterocycles. The van der Waals surface area contributed by atoms with Crippen molar-refractivity contribution in [1.82, 2.24) is 0 Å². The standard InChI is InChI=1S/C67H106O27/c1-30-23-45(74-11)52(71)60(79-30)86-39-17-20-64(9)38(24-39)15-16-40-41(64)18-21-65(10)42(40)19-22-67(65,73)37(8)85-63-84-35(6)58-62(91-63)78-29-66(94-93-58)28-47(76-13)57(36(7)92-66)89-49-26-44(69)54(32(3)81-49)87-48-25-43(68)55(33(4)80-48)88-50-27-46(75-12)56(34(5)82-50)90-61-53(72)59(77-14)51(70)31(2)83-61/h15,23,30-37,39-44,46-51,53-63,68-70,72-73H,16-22,24-29H2,1-14H3/t30-,31+,32+,33+,34+,35+,36+,37-,39-,40+,41-,42+,43+,44-,46-,47+,48-,49-,50-,51-,53+,54+,55+,56+,57+,58+,59-,60-,61-,62+,63+,64-,65-,66-,67-/m0/s1. The van der Waals surface area contributed by atoms with E-state index in [1.54, 1.807) is 40.9 Å². The van der Waals surface area contributed by atoms with Gasteiger partial charge in [0.1, 0.15) is 49.3 Å². The third-order valence-electron chi connectivity index (χ3n) is 23.6. The van der Waals surface area contributed by atoms with Crippen LogP contribution in [0.25, 0.3) is 0 Å². The van der Waals surface area contributed by atoms with Crippen LogP contribution in [0.5, 0.6) is 0 Å². The molecule has 35 atom stereocenters. The van der Waals surface area contributed by atoms with Gasteiger partial charge in [0.25, 0.3) is 12.3 Å². The minimum absolute atomic E-state index is 0.00907. The third-order valence-corrected chi connectivity index (χ3v) is 23.6. The van der Waals surface area contributed by atoms with E-state index in [2.05, 4.69) is 19.9 Å². The highest BCUT2D eigenvalue weighted by Gasteiger charge is 2.66. The maximum absolute atomic E-state index is 13.1. The molecule has 4 aliphatic carbocycles. The number of hydrogen-bond acceptors (Lipinski definition) is 27. The maximum Gasteiger partial charge on any atom is 0.274 e. The number of ketones is 1. The monoisotopic (exact) mass is 1340 g/mol. The van der Waals surface area contributed by atoms with E-state index in [4.69, 9.17) is 99.8 Å². The number of rotatable bonds is 17. The Morgan fingerprint density at radius 2 is 1.27 bits per heavy atom. The molecule has 94 heavy (non-hydrogen) atoms. The minimum Gasteiger partial charge on any atom is -0.493 e. The van der Waals surface area contributed by atoms with Gasteiger partial charge in [-0.05, 0) is 136 Å². The smallest absolute Gasteiger partial charge is 0.274 e. The Labute approximate surface area is 551 Å². The van der Waals surface area contributed by atoms with E-state index >= 15 is 0 Å². The van der Waals surface area contributed by atoms with E-state index in [1.165, 1.54) is 26.9 Å². The van der Waals surface area contributed by atoms with Crippen LogP contribution in [-0.4, -0.2) is 250 Å². The summed E-state index contributed by atoms with van der Waals surface area (Å²) in [5, 5.41) is 57.4. The van der Waals surface area contributed by atoms with Crippen molar-refractivity contribution in [3.8, 4) is 0 Å². The van der Waals surface area contributed by atoms with Gasteiger partial charge >= 0.3 is 0 Å². The summed E-state index contributed by atoms with van der Waals surface area (Å²) in [7, 11) is 5.99. The van der Waals surface area contributed by atoms with Crippen LogP contribution >= 0.6 is 0 Å². The van der Waals surface area contributed by atoms with Gasteiger partial charge in [-0.3, -0.25) is 9.53 Å². The van der Waals surface area contributed by atoms with Gasteiger partial charge in [0, 0.05) is 52.4 Å². The molecule has 12 rings (SSSR count). The van der Waals surface area contributed by atoms with Crippen LogP contribution < -0.4 is 0 Å². The van der Waals surface area contributed by atoms with Crippen molar-refractivity contribution in [3.05, 3.63) is 23.5 Å². The lowest BCUT2D eigenvalue weighted by atomic mass is 9.46. The Morgan fingerprint density at radius 1 is 0.628 bits per heavy atom. The second-order valence-electron chi connectivity index (χ2n) is 29.3. The molecule has 27 nitrogen and oxygen atoms in total. The third kappa shape index (κ3) is 13.7. The van der Waals surface area contributed by atoms with Crippen molar-refractivity contribution in [2.24, 2.45) is 28.6 Å². The molecule has 0 radical (unpaired) electrons. The van der Waals surface area contributed by atoms with Crippen molar-refractivity contribution >= 4 is 5.78 Å². The van der Waals surface area contributed by atoms with Crippen LogP contribution in [0.3, 0.4) is 0 Å². The number of carbonyl (C=O) groups is 1. The largest absolute Gasteiger partial charge is 0.493 e. The van der Waals surface area contributed by atoms with E-state index in [0.29, 0.717) is 18.3 Å². The molecular formula is C67H106O27. The molecule has 0 bridgehead atoms. The fraction of sp³-hybridized carbons (Fsp3) is 0.925. The normalized spacial score (nSPS) is 52.7. The second-order valence-corrected chi connectivity index (χ2v) is 29.3. The van der Waals surface area contributed by atoms with Crippen LogP contribution in [0.2, 0.25) is 0 Å². The molecule has 0 amide bonds. The van der Waals surface area contributed by atoms with E-state index < -0.39 is 177 Å². The summed E-state index contributed by atoms with van der Waals surface area (Å²) in [6.45, 7) is 17.8. The first kappa shape index (κ1) is 71.8. The van der Waals surface area contributed by atoms with E-state index in [9.17, 15) is 30.3 Å². The fourth-order valence-electron chi connectivity index (χ4n) is 18.2. The number of fused-ring (bicyclic) bond motifs is 6. The molecule has 27 heteroatoms. The summed E-state index contributed by atoms with van der Waals surface area (Å²) in [6, 6.07) is 0. The van der Waals surface area contributed by atoms with Crippen LogP contribution in [0.4, 0.5) is 0 Å². The molecule has 8 heterocycles. The van der Waals surface area contributed by atoms with Crippen molar-refractivity contribution in [3.63, 3.8) is 0 Å². The summed E-state index contributed by atoms with van der Waals surface area (Å²) >= 11 is 0. The highest BCUT2D eigenvalue weighted by molar-refractivity contribution is 5.96. The number of Topliss-reactive ketones (excluding diaryl/α,β-unsaturated/α-hetero) is 1. The molecular weight excluding hydrogens is 1240 g/mol. The highest BCUT2D eigenvalue weighted by Crippen LogP contribution is 2.68. The predicted molar refractivity (Wildman–Crippen MR) is 323 cm³/mol. The molecule has 5 N–H and O–H groups in total. The molecule has 10 fully saturated rings. The maximum atomic E-state index is 13.1. The summed E-state index contributed by atoms with van der Waals surface area (Å²) in [4.78, 5) is 25.3. The molecule has 0 aromatic heterocycles. The second kappa shape index (κ2) is 28.8. The molecule has 7 saturated heterocycles. The van der Waals surface area contributed by atoms with Crippen molar-refractivity contribution in [1.29, 1.82) is 0 Å². The molecule has 12 aliphatic rings. The van der Waals surface area contributed by atoms with Crippen LogP contribution in [0.15, 0.2) is 23.5 Å². The van der Waals surface area contributed by atoms with Gasteiger partial charge in [0.2, 0.25) is 12.1 Å². The first-order valence-electron chi connectivity index (χ1n) is 34.4. The number of hydrogen-bond donors (Lipinski definition) is 5. The first-order valence-corrected chi connectivity index (χ1v) is 34.4. The average Bonchev–Trinajstić information content (AvgIpc) is 1.43. The van der Waals surface area contributed by atoms with Gasteiger partial charge < -0.3 is 111 Å². The molecule has 0 unspecified atom stereocenters. The van der Waals surface area contributed by atoms with Crippen LogP contribution in [0, 0.1) is 28.6 Å². The molecule has 1 spiro atoms. The Balaban J connectivity index is 0.595. The SMILES string of the molecule is COC1=C[C@H](C)O[C@@H](O[C@H]2CC[C@@]3(C)C(=CC[C@H]4[C@H]5CC[C@](O)([C@H](C)O[C@@H]6O[C@H]7OC[C@]8(C[C@@H](OC)[C@H](O[C@H]9C[C@H](O)[C@H](O[C@H]%10C[C@@H](O)[C@H](O[C@H]%11C[C@H](OC)[C@H](O[C@@H]%12O[C@H](C)[C@H](O)[C@H](OC)[C@H]%12O)[C@@H](C)O%11)[C@@H](C)O%10)[C@@H](C)O9)[C@@H](C)O8)OO[C@@H]7[C@@H](C)O6)[C@@]5(C)CC[C@@H]43)C2)C1=O. The number of aliphatic hydroxyl groups excluding tert-OH is 4. The Bertz CT molecular complexity index is 2610. The van der Waals surface area contributed by atoms with Crippen LogP contribution in [0.1, 0.15) is 146 Å². The zero-order valence-electron chi connectivity index (χ0n) is 57.0. The quantitative estimate of drug-likeness (QED) is 0.0996. The summed E-state index contributed by atoms with van der Waals surface area (Å²) in [5.41, 5.74) is -0.208. The predicted octanol–water partition coefficient (Wildman–Crippen LogP) is 4.39. The van der Waals surface area contributed by atoms with E-state index in [1.807, 2.05) is 27.7 Å². The average molecular weight is 1340 g/mol. The van der Waals surface area contributed by atoms with Crippen molar-refractivity contribution < 1.29 is 130 Å². The van der Waals surface area contributed by atoms with E-state index in [-0.39, 0.29) is 67.4 Å². The zero-order chi connectivity index (χ0) is 67.1. The zero-order valence-corrected chi connectivity index (χ0v) is 57.0. The number of allylic oxidation sites excluding steroid dienone is 1. The van der Waals surface area contributed by atoms with Gasteiger partial charge in [-0.1, -0.05) is 25.5 Å². The number of carbonyl (C=O) groups excluding carboxylic acids is 1. The molecule has 536 valence electrons. The molecule has 3 saturated carbocycles. The Hall–Kier alpha value is -2.05. The summed E-state index contributed by atoms with van der Waals surface area (Å²) < 4.78 is 117. The lowest BCUT2D eigenvalue weighted by Crippen LogP contribution is -2.61. The van der Waals surface area contributed by atoms with E-state index in [0.717, 1.165) is 44.9 Å². The fourth-order valence-corrected chi connectivity index (χ4v) is 18.2. The first-order chi connectivity index (χ1) is 44.7. The Morgan fingerprint density at radius 3 is 1.91 bits per heavy atom. The minimum atomic E-state index is -1.45. The number of aliphatic hydroxyl groups is 5. The molecule has 0 aromatic carbocycles. The molecule has 0 aromatic rings. The topological polar surface area (TPSA) is 312 Å². The Kier molecular flexibility index (Phi) is 22.0. The highest BCUT2D eigenvalue weighted by atomic mass is 17.2. The summed E-state index contributed by atoms with van der Waals surface area (Å²) in [5.74, 6) is -0.335. The lowest BCUT2D eigenvalue weighted by molar-refractivity contribution is -0.489. The number of ether oxygens (including phenoxy) is 19. The summed E-state index contributed by atoms with van der Waals surface area (Å²) in [6.07, 6.45) is -9.86. The van der Waals surface area contributed by atoms with Crippen molar-refractivity contribution in [2.45, 2.75) is 330 Å². The van der Waals surface area contributed by atoms with Crippen molar-refractivity contribution in [2.75, 3.05) is 35.0 Å². The van der Waals surface area contributed by atoms with Gasteiger partial charge in [0.15, 0.2) is 43.3 Å². The lowest BCUT2D eigenvalue weighted by Gasteiger charge is -2.59. The van der Waals surface area contributed by atoms with Gasteiger partial charge in [-0.2, -0.15) is 4.89 Å². The van der Waals surface area contributed by atoms with Crippen LogP contribution in [-0.2, 0) is 105 Å². The van der Waals surface area contributed by atoms with Gasteiger partial charge in [-0.15, -0.1) is 0 Å². The van der Waals surface area contributed by atoms with Gasteiger partial charge in [0.05, 0.1) is 92.1 Å². The van der Waals surface area contributed by atoms with Gasteiger partial charge in [-0.25, -0.2) is 4.89 Å².